The molecule has 1 aromatic carbocycles. The third-order valence-corrected chi connectivity index (χ3v) is 4.52. The van der Waals surface area contributed by atoms with Crippen LogP contribution < -0.4 is 11.1 Å². The molecule has 1 amide bonds. The molecule has 6 heteroatoms. The second-order valence-corrected chi connectivity index (χ2v) is 6.06. The van der Waals surface area contributed by atoms with E-state index in [4.69, 9.17) is 28.9 Å². The summed E-state index contributed by atoms with van der Waals surface area (Å²) in [6.07, 6.45) is 4.59. The summed E-state index contributed by atoms with van der Waals surface area (Å²) in [5.41, 5.74) is 5.48. The second-order valence-electron chi connectivity index (χ2n) is 5.24. The number of carbonyl (C=O) groups excluding carboxylic acids is 1. The van der Waals surface area contributed by atoms with E-state index in [1.54, 1.807) is 0 Å². The minimum absolute atomic E-state index is 0.0892. The maximum Gasteiger partial charge on any atom is 0.231 e. The third kappa shape index (κ3) is 3.08. The number of halogens is 3. The summed E-state index contributed by atoms with van der Waals surface area (Å²) in [6, 6.07) is 2.25. The van der Waals surface area contributed by atoms with Gasteiger partial charge in [-0.15, -0.1) is 0 Å². The Balaban J connectivity index is 2.23. The number of hydrogen-bond acceptors (Lipinski definition) is 2. The Labute approximate surface area is 127 Å². The molecule has 20 heavy (non-hydrogen) atoms. The molecule has 1 aliphatic carbocycles. The summed E-state index contributed by atoms with van der Waals surface area (Å²) in [7, 11) is 0. The average molecular weight is 319 g/mol. The summed E-state index contributed by atoms with van der Waals surface area (Å²) in [5.74, 6) is -0.723. The quantitative estimate of drug-likeness (QED) is 0.885. The van der Waals surface area contributed by atoms with Crippen LogP contribution in [-0.4, -0.2) is 12.5 Å². The van der Waals surface area contributed by atoms with E-state index in [9.17, 15) is 9.18 Å². The van der Waals surface area contributed by atoms with Crippen molar-refractivity contribution in [2.45, 2.75) is 32.1 Å². The number of amides is 1. The fourth-order valence-corrected chi connectivity index (χ4v) is 3.22. The van der Waals surface area contributed by atoms with E-state index in [1.807, 2.05) is 0 Å². The zero-order valence-corrected chi connectivity index (χ0v) is 12.5. The molecule has 3 nitrogen and oxygen atoms in total. The average Bonchev–Trinajstić information content (AvgIpc) is 2.43. The van der Waals surface area contributed by atoms with Gasteiger partial charge in [0.1, 0.15) is 5.82 Å². The molecule has 3 N–H and O–H groups in total. The number of nitrogens with one attached hydrogen (secondary N) is 1. The topological polar surface area (TPSA) is 55.1 Å². The fraction of sp³-hybridized carbons (Fsp3) is 0.500. The highest BCUT2D eigenvalue weighted by molar-refractivity contribution is 6.39. The zero-order valence-electron chi connectivity index (χ0n) is 11.0. The second kappa shape index (κ2) is 6.29. The molecule has 0 radical (unpaired) electrons. The van der Waals surface area contributed by atoms with Crippen LogP contribution in [0.4, 0.5) is 10.1 Å². The predicted octanol–water partition coefficient (Wildman–Crippen LogP) is 3.98. The Morgan fingerprint density at radius 3 is 2.30 bits per heavy atom. The maximum absolute atomic E-state index is 13.1. The molecule has 1 aromatic rings. The van der Waals surface area contributed by atoms with Gasteiger partial charge in [0.2, 0.25) is 5.91 Å². The standard InChI is InChI=1S/C14H17Cl2FN2O/c15-10-6-9(17)7-11(16)12(10)19-13(20)14(8-18)4-2-1-3-5-14/h6-7H,1-5,8,18H2,(H,19,20). The minimum Gasteiger partial charge on any atom is -0.329 e. The molecule has 0 aromatic heterocycles. The van der Waals surface area contributed by atoms with Crippen molar-refractivity contribution in [2.75, 3.05) is 11.9 Å². The van der Waals surface area contributed by atoms with Gasteiger partial charge in [-0.25, -0.2) is 4.39 Å². The van der Waals surface area contributed by atoms with Crippen LogP contribution in [0, 0.1) is 11.2 Å². The molecule has 110 valence electrons. The van der Waals surface area contributed by atoms with Crippen molar-refractivity contribution in [1.82, 2.24) is 0 Å². The third-order valence-electron chi connectivity index (χ3n) is 3.93. The van der Waals surface area contributed by atoms with Crippen molar-refractivity contribution < 1.29 is 9.18 Å². The number of benzene rings is 1. The first-order chi connectivity index (χ1) is 9.48. The van der Waals surface area contributed by atoms with Crippen molar-refractivity contribution in [3.63, 3.8) is 0 Å². The highest BCUT2D eigenvalue weighted by atomic mass is 35.5. The largest absolute Gasteiger partial charge is 0.329 e. The van der Waals surface area contributed by atoms with Gasteiger partial charge in [-0.2, -0.15) is 0 Å². The van der Waals surface area contributed by atoms with Crippen molar-refractivity contribution in [3.8, 4) is 0 Å². The van der Waals surface area contributed by atoms with Gasteiger partial charge < -0.3 is 11.1 Å². The first-order valence-electron chi connectivity index (χ1n) is 6.64. The maximum atomic E-state index is 13.1. The molecule has 0 bridgehead atoms. The van der Waals surface area contributed by atoms with E-state index in [1.165, 1.54) is 0 Å². The van der Waals surface area contributed by atoms with Gasteiger partial charge in [0.25, 0.3) is 0 Å². The summed E-state index contributed by atoms with van der Waals surface area (Å²) < 4.78 is 13.1. The lowest BCUT2D eigenvalue weighted by atomic mass is 9.73. The number of anilines is 1. The predicted molar refractivity (Wildman–Crippen MR) is 79.6 cm³/mol. The number of rotatable bonds is 3. The van der Waals surface area contributed by atoms with E-state index >= 15 is 0 Å². The molecule has 1 saturated carbocycles. The minimum atomic E-state index is -0.570. The van der Waals surface area contributed by atoms with Gasteiger partial charge in [-0.3, -0.25) is 4.79 Å². The van der Waals surface area contributed by atoms with Crippen molar-refractivity contribution in [1.29, 1.82) is 0 Å². The molecule has 1 fully saturated rings. The number of hydrogen-bond donors (Lipinski definition) is 2. The molecule has 0 aliphatic heterocycles. The monoisotopic (exact) mass is 318 g/mol. The first kappa shape index (κ1) is 15.5. The SMILES string of the molecule is NCC1(C(=O)Nc2c(Cl)cc(F)cc2Cl)CCCCC1. The van der Waals surface area contributed by atoms with Crippen LogP contribution in [0.1, 0.15) is 32.1 Å². The number of nitrogens with two attached hydrogens (primary N) is 1. The first-order valence-corrected chi connectivity index (χ1v) is 7.40. The molecular formula is C14H17Cl2FN2O. The smallest absolute Gasteiger partial charge is 0.231 e. The van der Waals surface area contributed by atoms with Crippen LogP contribution in [0.15, 0.2) is 12.1 Å². The lowest BCUT2D eigenvalue weighted by Crippen LogP contribution is -2.43. The van der Waals surface area contributed by atoms with Gasteiger partial charge in [0, 0.05) is 6.54 Å². The Hall–Kier alpha value is -0.840. The lowest BCUT2D eigenvalue weighted by molar-refractivity contribution is -0.126. The van der Waals surface area contributed by atoms with Crippen molar-refractivity contribution >= 4 is 34.8 Å². The van der Waals surface area contributed by atoms with E-state index in [0.29, 0.717) is 0 Å². The van der Waals surface area contributed by atoms with Gasteiger partial charge in [0.15, 0.2) is 0 Å². The zero-order chi connectivity index (χ0) is 14.8. The van der Waals surface area contributed by atoms with E-state index in [-0.39, 0.29) is 28.2 Å². The molecule has 0 spiro atoms. The van der Waals surface area contributed by atoms with E-state index < -0.39 is 11.2 Å². The Morgan fingerprint density at radius 2 is 1.80 bits per heavy atom. The highest BCUT2D eigenvalue weighted by Crippen LogP contribution is 2.38. The summed E-state index contributed by atoms with van der Waals surface area (Å²) in [5, 5.41) is 2.90. The molecule has 0 heterocycles. The van der Waals surface area contributed by atoms with Crippen molar-refractivity contribution in [3.05, 3.63) is 28.0 Å². The molecule has 0 saturated heterocycles. The molecule has 2 rings (SSSR count). The molecular weight excluding hydrogens is 302 g/mol. The summed E-state index contributed by atoms with van der Waals surface area (Å²) >= 11 is 11.9. The Bertz CT molecular complexity index is 493. The van der Waals surface area contributed by atoms with Crippen LogP contribution >= 0.6 is 23.2 Å². The van der Waals surface area contributed by atoms with Crippen molar-refractivity contribution in [2.24, 2.45) is 11.1 Å². The van der Waals surface area contributed by atoms with Gasteiger partial charge in [-0.1, -0.05) is 42.5 Å². The Morgan fingerprint density at radius 1 is 1.25 bits per heavy atom. The van der Waals surface area contributed by atoms with Gasteiger partial charge in [0.05, 0.1) is 21.1 Å². The van der Waals surface area contributed by atoms with Crippen LogP contribution in [0.5, 0.6) is 0 Å². The van der Waals surface area contributed by atoms with Gasteiger partial charge >= 0.3 is 0 Å². The van der Waals surface area contributed by atoms with Crippen LogP contribution in [0.25, 0.3) is 0 Å². The van der Waals surface area contributed by atoms with Crippen LogP contribution in [0.2, 0.25) is 10.0 Å². The molecule has 1 aliphatic rings. The van der Waals surface area contributed by atoms with Crippen LogP contribution in [-0.2, 0) is 4.79 Å². The van der Waals surface area contributed by atoms with E-state index in [0.717, 1.165) is 44.2 Å². The molecule has 0 atom stereocenters. The lowest BCUT2D eigenvalue weighted by Gasteiger charge is -2.34. The fourth-order valence-electron chi connectivity index (χ4n) is 2.66. The number of carbonyl (C=O) groups is 1. The van der Waals surface area contributed by atoms with Gasteiger partial charge in [-0.05, 0) is 25.0 Å². The normalized spacial score (nSPS) is 17.8. The summed E-state index contributed by atoms with van der Waals surface area (Å²) in [6.45, 7) is 0.287. The van der Waals surface area contributed by atoms with E-state index in [2.05, 4.69) is 5.32 Å². The Kier molecular flexibility index (Phi) is 4.89. The highest BCUT2D eigenvalue weighted by Gasteiger charge is 2.38. The summed E-state index contributed by atoms with van der Waals surface area (Å²) in [4.78, 5) is 12.5. The van der Waals surface area contributed by atoms with Crippen LogP contribution in [0.3, 0.4) is 0 Å². The molecule has 0 unspecified atom stereocenters.